The molecule has 2 atom stereocenters. The van der Waals surface area contributed by atoms with E-state index in [9.17, 15) is 19.2 Å². The molecule has 2 aromatic heterocycles. The van der Waals surface area contributed by atoms with Crippen LogP contribution < -0.4 is 20.1 Å². The van der Waals surface area contributed by atoms with Crippen LogP contribution >= 0.6 is 0 Å². The summed E-state index contributed by atoms with van der Waals surface area (Å²) in [5.74, 6) is 2.20. The van der Waals surface area contributed by atoms with Gasteiger partial charge in [-0.1, -0.05) is 24.3 Å². The Morgan fingerprint density at radius 1 is 0.782 bits per heavy atom. The number of methoxy groups -OCH3 is 2. The Hall–Kier alpha value is -6.06. The summed E-state index contributed by atoms with van der Waals surface area (Å²) in [6, 6.07) is 11.9. The van der Waals surface area contributed by atoms with E-state index >= 15 is 0 Å². The van der Waals surface area contributed by atoms with Crippen molar-refractivity contribution in [1.29, 1.82) is 0 Å². The van der Waals surface area contributed by atoms with Crippen molar-refractivity contribution in [3.8, 4) is 45.1 Å². The molecule has 4 amide bonds. The Morgan fingerprint density at radius 3 is 2.15 bits per heavy atom. The molecule has 4 N–H and O–H groups in total. The minimum Gasteiger partial charge on any atom is -0.485 e. The summed E-state index contributed by atoms with van der Waals surface area (Å²) in [5.41, 5.74) is 4.40. The van der Waals surface area contributed by atoms with E-state index in [0.29, 0.717) is 55.9 Å². The molecular formula is C39H46N8O8. The highest BCUT2D eigenvalue weighted by atomic mass is 16.6. The lowest BCUT2D eigenvalue weighted by atomic mass is 9.87. The number of nitrogens with one attached hydrogen (secondary N) is 4. The molecule has 0 aliphatic carbocycles. The molecule has 2 fully saturated rings. The number of nitrogens with zero attached hydrogens (tertiary/aromatic N) is 4. The van der Waals surface area contributed by atoms with Gasteiger partial charge in [-0.3, -0.25) is 9.59 Å². The van der Waals surface area contributed by atoms with Crippen molar-refractivity contribution in [2.24, 2.45) is 0 Å². The number of benzene rings is 2. The van der Waals surface area contributed by atoms with Crippen LogP contribution in [0.1, 0.15) is 63.1 Å². The number of rotatable bonds is 9. The number of carbonyl (C=O) groups excluding carboxylic acids is 4. The molecule has 1 unspecified atom stereocenters. The predicted molar refractivity (Wildman–Crippen MR) is 200 cm³/mol. The fourth-order valence-corrected chi connectivity index (χ4v) is 7.71. The molecule has 16 nitrogen and oxygen atoms in total. The summed E-state index contributed by atoms with van der Waals surface area (Å²) >= 11 is 0. The van der Waals surface area contributed by atoms with Gasteiger partial charge in [-0.2, -0.15) is 0 Å². The van der Waals surface area contributed by atoms with Crippen LogP contribution in [-0.4, -0.2) is 107 Å². The standard InChI is InChI=1S/C39H46N8O8/c1-39(15-5-7-17-47(39)32(49)23-43-38(51)53-3)36-41-21-29(45-36)27-14-13-26(33-34(27)55-19-18-54-33)24-9-11-25(12-10-24)28-20-40-35(44-28)30-8-4-6-16-46(30)31(48)22-42-37(50)52-2/h9-14,20-21,30H,4-8,15-19,22-23H2,1-3H3,(H,40,44)(H,41,45)(H,42,50)(H,43,51)/t30?,39-/m1/s1. The fraction of sp³-hybridized carbons (Fsp3) is 0.436. The average molecular weight is 755 g/mol. The van der Waals surface area contributed by atoms with Crippen LogP contribution in [0.3, 0.4) is 0 Å². The summed E-state index contributed by atoms with van der Waals surface area (Å²) in [5, 5.41) is 4.98. The molecule has 55 heavy (non-hydrogen) atoms. The van der Waals surface area contributed by atoms with Crippen molar-refractivity contribution in [3.05, 3.63) is 60.4 Å². The van der Waals surface area contributed by atoms with Crippen LogP contribution in [-0.2, 0) is 24.6 Å². The number of imidazole rings is 2. The van der Waals surface area contributed by atoms with Gasteiger partial charge in [0.25, 0.3) is 0 Å². The van der Waals surface area contributed by atoms with Gasteiger partial charge in [-0.05, 0) is 68.7 Å². The molecule has 5 heterocycles. The maximum absolute atomic E-state index is 13.2. The summed E-state index contributed by atoms with van der Waals surface area (Å²) in [6.45, 7) is 3.62. The van der Waals surface area contributed by atoms with Gasteiger partial charge in [0.2, 0.25) is 11.8 Å². The van der Waals surface area contributed by atoms with E-state index in [1.54, 1.807) is 22.2 Å². The van der Waals surface area contributed by atoms with E-state index in [2.05, 4.69) is 35.1 Å². The monoisotopic (exact) mass is 754 g/mol. The number of ether oxygens (including phenoxy) is 4. The van der Waals surface area contributed by atoms with E-state index in [1.807, 2.05) is 43.3 Å². The van der Waals surface area contributed by atoms with Crippen molar-refractivity contribution in [2.75, 3.05) is 53.6 Å². The number of alkyl carbamates (subject to hydrolysis) is 2. The molecule has 0 spiro atoms. The van der Waals surface area contributed by atoms with Crippen LogP contribution in [0.25, 0.3) is 33.6 Å². The SMILES string of the molecule is COC(=O)NCC(=O)N1CCCCC1c1ncc(-c2ccc(-c3ccc(-c4cnc([C@@]5(C)CCCCN5C(=O)CNC(=O)OC)[nH]4)c4c3OCCO4)cc2)[nH]1. The van der Waals surface area contributed by atoms with Crippen LogP contribution in [0.5, 0.6) is 11.5 Å². The molecule has 0 bridgehead atoms. The molecular weight excluding hydrogens is 708 g/mol. The van der Waals surface area contributed by atoms with Crippen LogP contribution in [0, 0.1) is 0 Å². The highest BCUT2D eigenvalue weighted by Gasteiger charge is 2.41. The first-order chi connectivity index (χ1) is 26.7. The lowest BCUT2D eigenvalue weighted by molar-refractivity contribution is -0.139. The van der Waals surface area contributed by atoms with E-state index in [-0.39, 0.29) is 30.9 Å². The highest BCUT2D eigenvalue weighted by molar-refractivity contribution is 5.85. The highest BCUT2D eigenvalue weighted by Crippen LogP contribution is 2.47. The normalized spacial score (nSPS) is 19.4. The second-order valence-corrected chi connectivity index (χ2v) is 14.0. The van der Waals surface area contributed by atoms with E-state index in [0.717, 1.165) is 65.7 Å². The number of amides is 4. The van der Waals surface area contributed by atoms with Gasteiger partial charge in [-0.15, -0.1) is 0 Å². The minimum atomic E-state index is -0.698. The summed E-state index contributed by atoms with van der Waals surface area (Å²) in [7, 11) is 2.53. The number of piperidine rings is 2. The topological polar surface area (TPSA) is 193 Å². The molecule has 0 radical (unpaired) electrons. The van der Waals surface area contributed by atoms with Crippen molar-refractivity contribution in [1.82, 2.24) is 40.4 Å². The Morgan fingerprint density at radius 2 is 1.42 bits per heavy atom. The smallest absolute Gasteiger partial charge is 0.407 e. The number of hydrogen-bond acceptors (Lipinski definition) is 10. The van der Waals surface area contributed by atoms with Crippen molar-refractivity contribution >= 4 is 24.0 Å². The van der Waals surface area contributed by atoms with Gasteiger partial charge in [-0.25, -0.2) is 19.6 Å². The minimum absolute atomic E-state index is 0.139. The first-order valence-electron chi connectivity index (χ1n) is 18.6. The number of fused-ring (bicyclic) bond motifs is 1. The zero-order chi connectivity index (χ0) is 38.5. The number of aromatic amines is 2. The molecule has 0 saturated carbocycles. The molecule has 3 aliphatic heterocycles. The maximum atomic E-state index is 13.2. The Balaban J connectivity index is 1.09. The van der Waals surface area contributed by atoms with Gasteiger partial charge < -0.3 is 49.3 Å². The Labute approximate surface area is 318 Å². The number of hydrogen-bond donors (Lipinski definition) is 4. The van der Waals surface area contributed by atoms with E-state index in [1.165, 1.54) is 14.2 Å². The van der Waals surface area contributed by atoms with Gasteiger partial charge >= 0.3 is 12.2 Å². The number of likely N-dealkylation sites (tertiary alicyclic amines) is 2. The molecule has 4 aromatic rings. The zero-order valence-corrected chi connectivity index (χ0v) is 31.2. The summed E-state index contributed by atoms with van der Waals surface area (Å²) < 4.78 is 21.7. The van der Waals surface area contributed by atoms with Crippen LogP contribution in [0.4, 0.5) is 9.59 Å². The largest absolute Gasteiger partial charge is 0.485 e. The molecule has 2 aromatic carbocycles. The third-order valence-corrected chi connectivity index (χ3v) is 10.6. The zero-order valence-electron chi connectivity index (χ0n) is 31.2. The number of H-pyrrole nitrogens is 2. The summed E-state index contributed by atoms with van der Waals surface area (Å²) in [4.78, 5) is 69.3. The van der Waals surface area contributed by atoms with Gasteiger partial charge in [0.1, 0.15) is 38.0 Å². The molecule has 2 saturated heterocycles. The van der Waals surface area contributed by atoms with Gasteiger partial charge in [0.15, 0.2) is 11.5 Å². The second kappa shape index (κ2) is 16.1. The Kier molecular flexibility index (Phi) is 10.9. The lowest BCUT2D eigenvalue weighted by Gasteiger charge is -2.43. The third-order valence-electron chi connectivity index (χ3n) is 10.6. The molecule has 3 aliphatic rings. The van der Waals surface area contributed by atoms with Crippen molar-refractivity contribution in [3.63, 3.8) is 0 Å². The molecule has 16 heteroatoms. The number of carbonyl (C=O) groups is 4. The first kappa shape index (κ1) is 37.3. The van der Waals surface area contributed by atoms with Crippen molar-refractivity contribution < 1.29 is 38.1 Å². The van der Waals surface area contributed by atoms with E-state index < -0.39 is 17.7 Å². The molecule has 7 rings (SSSR count). The summed E-state index contributed by atoms with van der Waals surface area (Å²) in [6.07, 6.45) is 7.36. The number of aromatic nitrogens is 4. The van der Waals surface area contributed by atoms with Crippen LogP contribution in [0.15, 0.2) is 48.8 Å². The third kappa shape index (κ3) is 7.66. The Bertz CT molecular complexity index is 2040. The predicted octanol–water partition coefficient (Wildman–Crippen LogP) is 4.90. The average Bonchev–Trinajstić information content (AvgIpc) is 3.93. The quantitative estimate of drug-likeness (QED) is 0.183. The van der Waals surface area contributed by atoms with Crippen LogP contribution in [0.2, 0.25) is 0 Å². The van der Waals surface area contributed by atoms with Gasteiger partial charge in [0.05, 0.1) is 49.6 Å². The van der Waals surface area contributed by atoms with E-state index in [4.69, 9.17) is 14.5 Å². The van der Waals surface area contributed by atoms with Crippen molar-refractivity contribution in [2.45, 2.75) is 57.0 Å². The lowest BCUT2D eigenvalue weighted by Crippen LogP contribution is -2.53. The molecule has 290 valence electrons. The fourth-order valence-electron chi connectivity index (χ4n) is 7.71. The second-order valence-electron chi connectivity index (χ2n) is 14.0. The first-order valence-corrected chi connectivity index (χ1v) is 18.6. The van der Waals surface area contributed by atoms with Gasteiger partial charge in [0, 0.05) is 24.2 Å². The maximum Gasteiger partial charge on any atom is 0.407 e.